The third-order valence-corrected chi connectivity index (χ3v) is 12.3. The predicted molar refractivity (Wildman–Crippen MR) is 268 cm³/mol. The Kier molecular flexibility index (Phi) is 46.1. The summed E-state index contributed by atoms with van der Waals surface area (Å²) >= 11 is 0. The van der Waals surface area contributed by atoms with Crippen LogP contribution >= 0.6 is 0 Å². The summed E-state index contributed by atoms with van der Waals surface area (Å²) < 4.78 is 22.7. The van der Waals surface area contributed by atoms with E-state index in [2.05, 4.69) is 26.0 Å². The number of quaternary nitrogens is 1. The molecular formula is C55H106NO8+. The SMILES string of the molecule is CCCCCCCCCC/C=C\CCCCCCCCCCCCCCCCCCCCCC(=O)OC(COC(=O)CCCCCCCCCC)COC(OCC[N+](C)(C)C)C(=O)O. The number of carbonyl (C=O) groups is 3. The van der Waals surface area contributed by atoms with Crippen molar-refractivity contribution in [3.63, 3.8) is 0 Å². The molecule has 9 nitrogen and oxygen atoms in total. The van der Waals surface area contributed by atoms with Gasteiger partial charge in [-0.25, -0.2) is 4.79 Å². The first kappa shape index (κ1) is 62.0. The second-order valence-corrected chi connectivity index (χ2v) is 19.9. The molecule has 0 aliphatic rings. The Morgan fingerprint density at radius 1 is 0.453 bits per heavy atom. The van der Waals surface area contributed by atoms with E-state index in [-0.39, 0.29) is 38.2 Å². The number of carbonyl (C=O) groups excluding carboxylic acids is 2. The van der Waals surface area contributed by atoms with Crippen LogP contribution < -0.4 is 0 Å². The van der Waals surface area contributed by atoms with Gasteiger partial charge in [0.1, 0.15) is 13.2 Å². The Hall–Kier alpha value is -1.97. The van der Waals surface area contributed by atoms with Crippen LogP contribution in [0.25, 0.3) is 0 Å². The summed E-state index contributed by atoms with van der Waals surface area (Å²) in [5.41, 5.74) is 0. The zero-order chi connectivity index (χ0) is 47.0. The molecule has 0 aromatic carbocycles. The zero-order valence-corrected chi connectivity index (χ0v) is 43.0. The fraction of sp³-hybridized carbons (Fsp3) is 0.909. The number of allylic oxidation sites excluding steroid dienone is 2. The lowest BCUT2D eigenvalue weighted by Crippen LogP contribution is -2.40. The minimum absolute atomic E-state index is 0.176. The summed E-state index contributed by atoms with van der Waals surface area (Å²) in [6, 6.07) is 0. The van der Waals surface area contributed by atoms with Crippen LogP contribution in [0.4, 0.5) is 0 Å². The molecule has 0 aliphatic carbocycles. The third kappa shape index (κ3) is 48.0. The van der Waals surface area contributed by atoms with Crippen LogP contribution in [-0.4, -0.2) is 87.4 Å². The van der Waals surface area contributed by atoms with Gasteiger partial charge in [-0.1, -0.05) is 225 Å². The summed E-state index contributed by atoms with van der Waals surface area (Å²) in [6.07, 6.45) is 50.4. The van der Waals surface area contributed by atoms with Gasteiger partial charge in [0, 0.05) is 12.8 Å². The van der Waals surface area contributed by atoms with E-state index in [1.807, 2.05) is 21.1 Å². The number of unbranched alkanes of at least 4 members (excludes halogenated alkanes) is 34. The minimum Gasteiger partial charge on any atom is -0.477 e. The number of aliphatic carboxylic acids is 1. The van der Waals surface area contributed by atoms with Crippen molar-refractivity contribution in [3.05, 3.63) is 12.2 Å². The van der Waals surface area contributed by atoms with Gasteiger partial charge in [0.25, 0.3) is 6.29 Å². The van der Waals surface area contributed by atoms with Crippen molar-refractivity contribution >= 4 is 17.9 Å². The first-order valence-corrected chi connectivity index (χ1v) is 27.4. The fourth-order valence-corrected chi connectivity index (χ4v) is 8.01. The van der Waals surface area contributed by atoms with E-state index in [0.717, 1.165) is 38.5 Å². The van der Waals surface area contributed by atoms with Crippen LogP contribution in [-0.2, 0) is 33.3 Å². The van der Waals surface area contributed by atoms with E-state index in [0.29, 0.717) is 17.4 Å². The molecule has 0 amide bonds. The molecule has 0 heterocycles. The van der Waals surface area contributed by atoms with Gasteiger partial charge in [-0.3, -0.25) is 9.59 Å². The second kappa shape index (κ2) is 47.5. The van der Waals surface area contributed by atoms with Crippen LogP contribution in [0.15, 0.2) is 12.2 Å². The standard InChI is InChI=1S/C55H105NO8/c1-6-8-10-12-14-16-17-18-19-20-21-22-23-24-25-26-27-28-29-30-31-32-33-34-35-36-37-38-40-42-44-46-53(58)64-51(50-63-55(54(59)60)61-48-47-56(3,4)5)49-62-52(57)45-43-41-39-15-13-11-9-7-2/h20-21,51,55H,6-19,22-50H2,1-5H3/p+1/b21-20-. The van der Waals surface area contributed by atoms with Gasteiger partial charge in [-0.15, -0.1) is 0 Å². The lowest BCUT2D eigenvalue weighted by molar-refractivity contribution is -0.870. The van der Waals surface area contributed by atoms with E-state index in [4.69, 9.17) is 18.9 Å². The average molecular weight is 909 g/mol. The van der Waals surface area contributed by atoms with Crippen molar-refractivity contribution in [2.24, 2.45) is 0 Å². The smallest absolute Gasteiger partial charge is 0.361 e. The maximum Gasteiger partial charge on any atom is 0.361 e. The zero-order valence-electron chi connectivity index (χ0n) is 43.0. The molecule has 0 aromatic rings. The molecule has 0 saturated carbocycles. The number of carboxylic acids is 1. The number of esters is 2. The van der Waals surface area contributed by atoms with Crippen molar-refractivity contribution in [1.29, 1.82) is 0 Å². The van der Waals surface area contributed by atoms with Crippen LogP contribution in [0.2, 0.25) is 0 Å². The van der Waals surface area contributed by atoms with E-state index in [9.17, 15) is 19.5 Å². The number of carboxylic acid groups (broad SMARTS) is 1. The van der Waals surface area contributed by atoms with Gasteiger partial charge in [-0.05, 0) is 38.5 Å². The average Bonchev–Trinajstić information content (AvgIpc) is 3.26. The molecule has 378 valence electrons. The van der Waals surface area contributed by atoms with E-state index in [1.54, 1.807) is 0 Å². The van der Waals surface area contributed by atoms with Crippen molar-refractivity contribution in [2.45, 2.75) is 277 Å². The molecule has 0 saturated heterocycles. The van der Waals surface area contributed by atoms with Gasteiger partial charge in [0.2, 0.25) is 0 Å². The number of hydrogen-bond acceptors (Lipinski definition) is 7. The van der Waals surface area contributed by atoms with Gasteiger partial charge in [0.05, 0.1) is 34.4 Å². The Morgan fingerprint density at radius 2 is 0.797 bits per heavy atom. The van der Waals surface area contributed by atoms with Crippen molar-refractivity contribution < 1.29 is 42.9 Å². The number of rotatable bonds is 51. The highest BCUT2D eigenvalue weighted by Crippen LogP contribution is 2.17. The van der Waals surface area contributed by atoms with Crippen molar-refractivity contribution in [1.82, 2.24) is 0 Å². The molecule has 2 atom stereocenters. The fourth-order valence-electron chi connectivity index (χ4n) is 8.01. The largest absolute Gasteiger partial charge is 0.477 e. The highest BCUT2D eigenvalue weighted by atomic mass is 16.7. The number of hydrogen-bond donors (Lipinski definition) is 1. The quantitative estimate of drug-likeness (QED) is 0.0211. The molecule has 9 heteroatoms. The minimum atomic E-state index is -1.50. The molecular weight excluding hydrogens is 803 g/mol. The maximum absolute atomic E-state index is 12.8. The Bertz CT molecular complexity index is 1060. The van der Waals surface area contributed by atoms with Gasteiger partial charge >= 0.3 is 17.9 Å². The number of nitrogens with zero attached hydrogens (tertiary/aromatic N) is 1. The van der Waals surface area contributed by atoms with Gasteiger partial charge in [0.15, 0.2) is 6.10 Å². The third-order valence-electron chi connectivity index (χ3n) is 12.3. The van der Waals surface area contributed by atoms with Crippen LogP contribution in [0.5, 0.6) is 0 Å². The Balaban J connectivity index is 3.98. The topological polar surface area (TPSA) is 108 Å². The summed E-state index contributed by atoms with van der Waals surface area (Å²) in [7, 11) is 5.96. The monoisotopic (exact) mass is 909 g/mol. The molecule has 0 spiro atoms. The first-order valence-electron chi connectivity index (χ1n) is 27.4. The summed E-state index contributed by atoms with van der Waals surface area (Å²) in [6.45, 7) is 4.87. The first-order chi connectivity index (χ1) is 31.1. The Labute approximate surface area is 395 Å². The molecule has 0 aliphatic heterocycles. The molecule has 0 fully saturated rings. The van der Waals surface area contributed by atoms with Gasteiger partial charge in [-0.2, -0.15) is 0 Å². The van der Waals surface area contributed by atoms with Gasteiger partial charge < -0.3 is 28.5 Å². The summed E-state index contributed by atoms with van der Waals surface area (Å²) in [5.74, 6) is -1.99. The molecule has 1 N–H and O–H groups in total. The molecule has 0 aromatic heterocycles. The van der Waals surface area contributed by atoms with Crippen LogP contribution in [0.3, 0.4) is 0 Å². The molecule has 0 rings (SSSR count). The second-order valence-electron chi connectivity index (χ2n) is 19.9. The van der Waals surface area contributed by atoms with Crippen LogP contribution in [0, 0.1) is 0 Å². The maximum atomic E-state index is 12.8. The molecule has 0 radical (unpaired) electrons. The van der Waals surface area contributed by atoms with E-state index < -0.39 is 18.4 Å². The van der Waals surface area contributed by atoms with Crippen molar-refractivity contribution in [3.8, 4) is 0 Å². The molecule has 0 bridgehead atoms. The highest BCUT2D eigenvalue weighted by Gasteiger charge is 2.25. The lowest BCUT2D eigenvalue weighted by Gasteiger charge is -2.25. The summed E-state index contributed by atoms with van der Waals surface area (Å²) in [4.78, 5) is 37.1. The molecule has 64 heavy (non-hydrogen) atoms. The predicted octanol–water partition coefficient (Wildman–Crippen LogP) is 15.4. The van der Waals surface area contributed by atoms with Crippen molar-refractivity contribution in [2.75, 3.05) is 47.5 Å². The number of ether oxygens (including phenoxy) is 4. The molecule has 2 unspecified atom stereocenters. The number of likely N-dealkylation sites (N-methyl/N-ethyl adjacent to an activating group) is 1. The highest BCUT2D eigenvalue weighted by molar-refractivity contribution is 5.71. The normalized spacial score (nSPS) is 12.8. The van der Waals surface area contributed by atoms with E-state index >= 15 is 0 Å². The van der Waals surface area contributed by atoms with Crippen LogP contribution in [0.1, 0.15) is 264 Å². The summed E-state index contributed by atoms with van der Waals surface area (Å²) in [5, 5.41) is 9.64. The van der Waals surface area contributed by atoms with E-state index in [1.165, 1.54) is 199 Å². The lowest BCUT2D eigenvalue weighted by atomic mass is 10.0. The Morgan fingerprint density at radius 3 is 1.16 bits per heavy atom.